The van der Waals surface area contributed by atoms with E-state index < -0.39 is 0 Å². The molecule has 0 bridgehead atoms. The quantitative estimate of drug-likeness (QED) is 0.810. The van der Waals surface area contributed by atoms with E-state index in [0.29, 0.717) is 24.4 Å². The van der Waals surface area contributed by atoms with Gasteiger partial charge in [0.2, 0.25) is 0 Å². The summed E-state index contributed by atoms with van der Waals surface area (Å²) in [6.45, 7) is 6.86. The maximum atomic E-state index is 13.6. The number of hydrogen-bond acceptors (Lipinski definition) is 2. The van der Waals surface area contributed by atoms with Gasteiger partial charge in [0, 0.05) is 11.3 Å². The number of carbonyl (C=O) groups is 1. The lowest BCUT2D eigenvalue weighted by Crippen LogP contribution is -3.12. The van der Waals surface area contributed by atoms with E-state index in [1.807, 2.05) is 45.2 Å². The third-order valence-corrected chi connectivity index (χ3v) is 4.29. The highest BCUT2D eigenvalue weighted by Gasteiger charge is 2.22. The van der Waals surface area contributed by atoms with Gasteiger partial charge < -0.3 is 15.0 Å². The van der Waals surface area contributed by atoms with E-state index in [0.717, 1.165) is 16.2 Å². The molecule has 0 aliphatic rings. The highest BCUT2D eigenvalue weighted by molar-refractivity contribution is 5.93. The lowest BCUT2D eigenvalue weighted by Gasteiger charge is -2.21. The van der Waals surface area contributed by atoms with Crippen LogP contribution in [0.2, 0.25) is 0 Å². The van der Waals surface area contributed by atoms with Gasteiger partial charge in [-0.25, -0.2) is 4.39 Å². The van der Waals surface area contributed by atoms with Crippen LogP contribution >= 0.6 is 0 Å². The zero-order chi connectivity index (χ0) is 18.4. The van der Waals surface area contributed by atoms with Crippen LogP contribution in [-0.2, 0) is 11.3 Å². The molecule has 1 amide bonds. The molecular formula is C20H26FN2O2+. The fourth-order valence-corrected chi connectivity index (χ4v) is 2.49. The first-order chi connectivity index (χ1) is 11.9. The second-order valence-corrected chi connectivity index (χ2v) is 6.27. The molecule has 134 valence electrons. The van der Waals surface area contributed by atoms with E-state index in [2.05, 4.69) is 5.32 Å². The monoisotopic (exact) mass is 345 g/mol. The Bertz CT molecular complexity index is 716. The van der Waals surface area contributed by atoms with Gasteiger partial charge in [-0.05, 0) is 62.7 Å². The van der Waals surface area contributed by atoms with Gasteiger partial charge in [0.25, 0.3) is 5.91 Å². The zero-order valence-corrected chi connectivity index (χ0v) is 15.2. The number of anilines is 1. The van der Waals surface area contributed by atoms with Crippen molar-refractivity contribution in [3.8, 4) is 5.75 Å². The minimum atomic E-state index is -0.319. The van der Waals surface area contributed by atoms with Crippen molar-refractivity contribution in [2.45, 2.75) is 33.4 Å². The van der Waals surface area contributed by atoms with E-state index >= 15 is 0 Å². The molecule has 0 saturated heterocycles. The fourth-order valence-electron chi connectivity index (χ4n) is 2.49. The molecule has 0 saturated carbocycles. The first kappa shape index (κ1) is 18.9. The summed E-state index contributed by atoms with van der Waals surface area (Å²) in [6, 6.07) is 12.3. The standard InChI is InChI=1S/C20H25FN2O2/c1-5-25-18-10-7-16(8-11-18)13-23(4)15(3)20(24)22-17-9-6-14(2)19(21)12-17/h6-12,15H,5,13H2,1-4H3,(H,22,24)/p+1/t15-/m1/s1. The zero-order valence-electron chi connectivity index (χ0n) is 15.2. The summed E-state index contributed by atoms with van der Waals surface area (Å²) < 4.78 is 19.0. The van der Waals surface area contributed by atoms with Crippen molar-refractivity contribution < 1.29 is 18.8 Å². The molecule has 5 heteroatoms. The van der Waals surface area contributed by atoms with Crippen LogP contribution in [0.4, 0.5) is 10.1 Å². The Balaban J connectivity index is 1.94. The topological polar surface area (TPSA) is 42.8 Å². The Kier molecular flexibility index (Phi) is 6.53. The maximum Gasteiger partial charge on any atom is 0.282 e. The Labute approximate surface area is 148 Å². The van der Waals surface area contributed by atoms with Crippen molar-refractivity contribution in [2.24, 2.45) is 0 Å². The van der Waals surface area contributed by atoms with Crippen molar-refractivity contribution in [3.05, 3.63) is 59.4 Å². The van der Waals surface area contributed by atoms with Crippen molar-refractivity contribution in [3.63, 3.8) is 0 Å². The lowest BCUT2D eigenvalue weighted by molar-refractivity contribution is -0.907. The highest BCUT2D eigenvalue weighted by Crippen LogP contribution is 2.14. The summed E-state index contributed by atoms with van der Waals surface area (Å²) >= 11 is 0. The summed E-state index contributed by atoms with van der Waals surface area (Å²) in [5.41, 5.74) is 2.17. The smallest absolute Gasteiger partial charge is 0.282 e. The number of carbonyl (C=O) groups excluding carboxylic acids is 1. The summed E-state index contributed by atoms with van der Waals surface area (Å²) in [5.74, 6) is 0.392. The lowest BCUT2D eigenvalue weighted by atomic mass is 10.1. The predicted molar refractivity (Wildman–Crippen MR) is 97.4 cm³/mol. The molecule has 2 aromatic rings. The van der Waals surface area contributed by atoms with E-state index in [1.54, 1.807) is 19.1 Å². The van der Waals surface area contributed by atoms with Gasteiger partial charge >= 0.3 is 0 Å². The third kappa shape index (κ3) is 5.29. The second kappa shape index (κ2) is 8.62. The van der Waals surface area contributed by atoms with E-state index in [9.17, 15) is 9.18 Å². The van der Waals surface area contributed by atoms with Gasteiger partial charge in [-0.15, -0.1) is 0 Å². The van der Waals surface area contributed by atoms with Crippen LogP contribution in [0, 0.1) is 12.7 Å². The number of aryl methyl sites for hydroxylation is 1. The molecule has 2 atom stereocenters. The number of hydrogen-bond donors (Lipinski definition) is 2. The Hall–Kier alpha value is -2.40. The number of benzene rings is 2. The van der Waals surface area contributed by atoms with Crippen LogP contribution in [0.1, 0.15) is 25.0 Å². The molecule has 0 heterocycles. The van der Waals surface area contributed by atoms with Crippen LogP contribution in [0.15, 0.2) is 42.5 Å². The van der Waals surface area contributed by atoms with E-state index in [1.165, 1.54) is 6.07 Å². The molecule has 0 aliphatic heterocycles. The molecular weight excluding hydrogens is 319 g/mol. The van der Waals surface area contributed by atoms with Crippen molar-refractivity contribution in [1.29, 1.82) is 0 Å². The summed E-state index contributed by atoms with van der Waals surface area (Å²) in [4.78, 5) is 13.5. The maximum absolute atomic E-state index is 13.6. The molecule has 2 aromatic carbocycles. The van der Waals surface area contributed by atoms with Gasteiger partial charge in [0.05, 0.1) is 13.7 Å². The fraction of sp³-hybridized carbons (Fsp3) is 0.350. The van der Waals surface area contributed by atoms with Crippen molar-refractivity contribution >= 4 is 11.6 Å². The summed E-state index contributed by atoms with van der Waals surface area (Å²) in [7, 11) is 1.97. The van der Waals surface area contributed by atoms with E-state index in [-0.39, 0.29) is 17.8 Å². The molecule has 2 rings (SSSR count). The van der Waals surface area contributed by atoms with Crippen LogP contribution < -0.4 is 15.0 Å². The van der Waals surface area contributed by atoms with Crippen molar-refractivity contribution in [1.82, 2.24) is 0 Å². The number of quaternary nitrogens is 1. The number of nitrogens with one attached hydrogen (secondary N) is 2. The summed E-state index contributed by atoms with van der Waals surface area (Å²) in [6.07, 6.45) is 0. The van der Waals surface area contributed by atoms with Gasteiger partial charge in [-0.2, -0.15) is 0 Å². The average molecular weight is 345 g/mol. The first-order valence-corrected chi connectivity index (χ1v) is 8.51. The molecule has 0 radical (unpaired) electrons. The molecule has 0 aliphatic carbocycles. The van der Waals surface area contributed by atoms with Crippen LogP contribution in [0.25, 0.3) is 0 Å². The Morgan fingerprint density at radius 2 is 1.92 bits per heavy atom. The van der Waals surface area contributed by atoms with Crippen LogP contribution in [-0.4, -0.2) is 25.6 Å². The van der Waals surface area contributed by atoms with Crippen molar-refractivity contribution in [2.75, 3.05) is 19.0 Å². The number of likely N-dealkylation sites (N-methyl/N-ethyl adjacent to an activating group) is 1. The van der Waals surface area contributed by atoms with Gasteiger partial charge in [-0.1, -0.05) is 6.07 Å². The first-order valence-electron chi connectivity index (χ1n) is 8.51. The van der Waals surface area contributed by atoms with Gasteiger partial charge in [0.1, 0.15) is 18.1 Å². The second-order valence-electron chi connectivity index (χ2n) is 6.27. The third-order valence-electron chi connectivity index (χ3n) is 4.29. The average Bonchev–Trinajstić information content (AvgIpc) is 2.59. The number of rotatable bonds is 7. The van der Waals surface area contributed by atoms with Gasteiger partial charge in [0.15, 0.2) is 6.04 Å². The van der Waals surface area contributed by atoms with Crippen LogP contribution in [0.5, 0.6) is 5.75 Å². The minimum Gasteiger partial charge on any atom is -0.494 e. The van der Waals surface area contributed by atoms with Crippen LogP contribution in [0.3, 0.4) is 0 Å². The number of ether oxygens (including phenoxy) is 1. The minimum absolute atomic E-state index is 0.133. The molecule has 4 nitrogen and oxygen atoms in total. The van der Waals surface area contributed by atoms with Gasteiger partial charge in [-0.3, -0.25) is 4.79 Å². The summed E-state index contributed by atoms with van der Waals surface area (Å²) in [5, 5.41) is 2.78. The molecule has 25 heavy (non-hydrogen) atoms. The largest absolute Gasteiger partial charge is 0.494 e. The molecule has 1 unspecified atom stereocenters. The highest BCUT2D eigenvalue weighted by atomic mass is 19.1. The van der Waals surface area contributed by atoms with E-state index in [4.69, 9.17) is 4.74 Å². The number of amides is 1. The normalized spacial score (nSPS) is 13.2. The molecule has 0 fully saturated rings. The molecule has 0 spiro atoms. The number of halogens is 1. The SMILES string of the molecule is CCOc1ccc(C[NH+](C)[C@H](C)C(=O)Nc2ccc(C)c(F)c2)cc1. The molecule has 0 aromatic heterocycles. The Morgan fingerprint density at radius 3 is 2.52 bits per heavy atom. The predicted octanol–water partition coefficient (Wildman–Crippen LogP) is 2.57. The Morgan fingerprint density at radius 1 is 1.24 bits per heavy atom. The molecule has 2 N–H and O–H groups in total.